The van der Waals surface area contributed by atoms with Crippen molar-refractivity contribution in [2.45, 2.75) is 64.7 Å². The minimum atomic E-state index is -1.41. The van der Waals surface area contributed by atoms with E-state index in [9.17, 15) is 14.7 Å². The normalized spacial score (nSPS) is 19.5. The zero-order valence-electron chi connectivity index (χ0n) is 17.9. The van der Waals surface area contributed by atoms with Crippen LogP contribution in [0.15, 0.2) is 35.1 Å². The molecule has 0 saturated heterocycles. The van der Waals surface area contributed by atoms with Crippen molar-refractivity contribution in [2.24, 2.45) is 0 Å². The summed E-state index contributed by atoms with van der Waals surface area (Å²) in [5, 5.41) is 12.4. The van der Waals surface area contributed by atoms with E-state index in [1.54, 1.807) is 4.57 Å². The van der Waals surface area contributed by atoms with Gasteiger partial charge in [0.2, 0.25) is 0 Å². The number of hydrogen-bond donors (Lipinski definition) is 1. The average molecular weight is 418 g/mol. The zero-order valence-corrected chi connectivity index (χ0v) is 17.9. The van der Waals surface area contributed by atoms with Gasteiger partial charge in [-0.15, -0.1) is 0 Å². The number of fused-ring (bicyclic) bond motifs is 5. The van der Waals surface area contributed by atoms with Gasteiger partial charge in [-0.05, 0) is 42.5 Å². The lowest BCUT2D eigenvalue weighted by Crippen LogP contribution is -2.32. The van der Waals surface area contributed by atoms with Crippen LogP contribution in [0.3, 0.4) is 0 Å². The largest absolute Gasteiger partial charge is 0.460 e. The standard InChI is InChI=1S/C25H26N2O4/c1-3-5-8-15-16-9-6-7-10-20(16)26-23-17(15)13-27-21(23)11-19-18(24(27)29)14-31-22(28)12-25(19,30)4-2/h6-7,9-11,30H,3-5,8,12-14H2,1-2H3/t25-/m0/s1. The van der Waals surface area contributed by atoms with E-state index in [1.807, 2.05) is 31.2 Å². The fraction of sp³-hybridized carbons (Fsp3) is 0.400. The molecule has 0 radical (unpaired) electrons. The van der Waals surface area contributed by atoms with E-state index >= 15 is 0 Å². The topological polar surface area (TPSA) is 81.4 Å². The van der Waals surface area contributed by atoms with E-state index in [0.717, 1.165) is 41.4 Å². The number of benzene rings is 1. The van der Waals surface area contributed by atoms with E-state index in [-0.39, 0.29) is 18.6 Å². The summed E-state index contributed by atoms with van der Waals surface area (Å²) in [7, 11) is 0. The average Bonchev–Trinajstić information content (AvgIpc) is 3.08. The van der Waals surface area contributed by atoms with Crippen molar-refractivity contribution in [3.05, 3.63) is 62.9 Å². The maximum absolute atomic E-state index is 13.5. The van der Waals surface area contributed by atoms with Crippen LogP contribution in [-0.4, -0.2) is 20.6 Å². The van der Waals surface area contributed by atoms with Crippen LogP contribution in [0.1, 0.15) is 61.8 Å². The molecule has 6 heteroatoms. The number of rotatable bonds is 4. The fourth-order valence-electron chi connectivity index (χ4n) is 4.95. The predicted octanol–water partition coefficient (Wildman–Crippen LogP) is 3.81. The molecule has 2 aliphatic heterocycles. The first-order chi connectivity index (χ1) is 15.0. The van der Waals surface area contributed by atoms with E-state index in [0.29, 0.717) is 29.8 Å². The maximum Gasteiger partial charge on any atom is 0.309 e. The fourth-order valence-corrected chi connectivity index (χ4v) is 4.95. The van der Waals surface area contributed by atoms with Crippen molar-refractivity contribution in [1.82, 2.24) is 9.55 Å². The molecule has 1 aromatic carbocycles. The summed E-state index contributed by atoms with van der Waals surface area (Å²) in [5.74, 6) is -0.489. The van der Waals surface area contributed by atoms with E-state index < -0.39 is 11.6 Å². The van der Waals surface area contributed by atoms with Crippen LogP contribution < -0.4 is 5.56 Å². The highest BCUT2D eigenvalue weighted by Gasteiger charge is 2.39. The number of unbranched alkanes of at least 4 members (excludes halogenated alkanes) is 1. The van der Waals surface area contributed by atoms with E-state index in [4.69, 9.17) is 9.72 Å². The van der Waals surface area contributed by atoms with Crippen LogP contribution >= 0.6 is 0 Å². The molecule has 0 amide bonds. The molecule has 0 saturated carbocycles. The van der Waals surface area contributed by atoms with Crippen molar-refractivity contribution in [1.29, 1.82) is 0 Å². The molecule has 0 fully saturated rings. The number of hydrogen-bond acceptors (Lipinski definition) is 5. The summed E-state index contributed by atoms with van der Waals surface area (Å²) in [4.78, 5) is 30.5. The Labute approximate surface area is 180 Å². The van der Waals surface area contributed by atoms with Gasteiger partial charge in [-0.3, -0.25) is 9.59 Å². The number of nitrogens with zero attached hydrogens (tertiary/aromatic N) is 2. The lowest BCUT2D eigenvalue weighted by atomic mass is 9.85. The van der Waals surface area contributed by atoms with E-state index in [2.05, 4.69) is 13.0 Å². The van der Waals surface area contributed by atoms with Crippen LogP contribution in [0.25, 0.3) is 22.3 Å². The predicted molar refractivity (Wildman–Crippen MR) is 118 cm³/mol. The summed E-state index contributed by atoms with van der Waals surface area (Å²) in [6.07, 6.45) is 3.24. The van der Waals surface area contributed by atoms with Gasteiger partial charge >= 0.3 is 5.97 Å². The molecule has 0 aliphatic carbocycles. The number of aryl methyl sites for hydroxylation is 1. The van der Waals surface area contributed by atoms with Crippen LogP contribution in [0, 0.1) is 0 Å². The SMILES string of the molecule is CCCCc1c2c(nc3ccccc13)-c1cc3c(c(=O)n1C2)COC(=O)C[C@@]3(O)CC. The van der Waals surface area contributed by atoms with Crippen LogP contribution in [-0.2, 0) is 34.7 Å². The second kappa shape index (κ2) is 7.31. The molecular formula is C25H26N2O4. The molecule has 160 valence electrons. The highest BCUT2D eigenvalue weighted by Crippen LogP contribution is 2.40. The molecule has 2 aliphatic rings. The van der Waals surface area contributed by atoms with Gasteiger partial charge in [0.25, 0.3) is 5.56 Å². The zero-order chi connectivity index (χ0) is 21.8. The van der Waals surface area contributed by atoms with Crippen molar-refractivity contribution in [2.75, 3.05) is 0 Å². The summed E-state index contributed by atoms with van der Waals surface area (Å²) < 4.78 is 6.98. The van der Waals surface area contributed by atoms with Gasteiger partial charge in [0, 0.05) is 10.9 Å². The number of para-hydroxylation sites is 1. The monoisotopic (exact) mass is 418 g/mol. The van der Waals surface area contributed by atoms with Gasteiger partial charge in [0.15, 0.2) is 0 Å². The van der Waals surface area contributed by atoms with Crippen LogP contribution in [0.5, 0.6) is 0 Å². The number of cyclic esters (lactones) is 1. The molecule has 1 N–H and O–H groups in total. The first kappa shape index (κ1) is 19.9. The van der Waals surface area contributed by atoms with E-state index in [1.165, 1.54) is 5.56 Å². The van der Waals surface area contributed by atoms with Crippen LogP contribution in [0.2, 0.25) is 0 Å². The summed E-state index contributed by atoms with van der Waals surface area (Å²) >= 11 is 0. The Morgan fingerprint density at radius 2 is 2.00 bits per heavy atom. The third-order valence-electron chi connectivity index (χ3n) is 6.75. The molecule has 0 unspecified atom stereocenters. The maximum atomic E-state index is 13.5. The third kappa shape index (κ3) is 3.00. The first-order valence-electron chi connectivity index (χ1n) is 11.0. The molecule has 2 aromatic heterocycles. The van der Waals surface area contributed by atoms with Crippen LogP contribution in [0.4, 0.5) is 0 Å². The summed E-state index contributed by atoms with van der Waals surface area (Å²) in [6.45, 7) is 4.33. The number of carbonyl (C=O) groups excluding carboxylic acids is 1. The summed E-state index contributed by atoms with van der Waals surface area (Å²) in [5.41, 5.74) is 4.00. The molecule has 3 aromatic rings. The quantitative estimate of drug-likeness (QED) is 0.510. The Kier molecular flexibility index (Phi) is 4.70. The van der Waals surface area contributed by atoms with Crippen molar-refractivity contribution in [3.8, 4) is 11.4 Å². The lowest BCUT2D eigenvalue weighted by Gasteiger charge is -2.26. The Hall–Kier alpha value is -2.99. The second-order valence-corrected chi connectivity index (χ2v) is 8.57. The number of carbonyl (C=O) groups is 1. The van der Waals surface area contributed by atoms with Crippen molar-refractivity contribution >= 4 is 16.9 Å². The summed E-state index contributed by atoms with van der Waals surface area (Å²) in [6, 6.07) is 9.97. The molecule has 6 nitrogen and oxygen atoms in total. The minimum Gasteiger partial charge on any atom is -0.460 e. The Morgan fingerprint density at radius 1 is 1.19 bits per heavy atom. The number of aromatic nitrogens is 2. The molecule has 4 heterocycles. The number of ether oxygens (including phenoxy) is 1. The molecule has 0 spiro atoms. The van der Waals surface area contributed by atoms with Gasteiger partial charge in [-0.2, -0.15) is 0 Å². The lowest BCUT2D eigenvalue weighted by molar-refractivity contribution is -0.149. The highest BCUT2D eigenvalue weighted by atomic mass is 16.5. The minimum absolute atomic E-state index is 0.107. The Bertz CT molecular complexity index is 1280. The van der Waals surface area contributed by atoms with Gasteiger partial charge in [0.1, 0.15) is 12.2 Å². The molecule has 0 bridgehead atoms. The van der Waals surface area contributed by atoms with Gasteiger partial charge in [-0.25, -0.2) is 4.98 Å². The third-order valence-corrected chi connectivity index (χ3v) is 6.75. The molecule has 1 atom stereocenters. The number of pyridine rings is 2. The number of aliphatic hydroxyl groups is 1. The first-order valence-corrected chi connectivity index (χ1v) is 11.0. The van der Waals surface area contributed by atoms with Crippen molar-refractivity contribution < 1.29 is 14.6 Å². The number of esters is 1. The highest BCUT2D eigenvalue weighted by molar-refractivity contribution is 5.88. The molecule has 31 heavy (non-hydrogen) atoms. The molecular weight excluding hydrogens is 392 g/mol. The smallest absolute Gasteiger partial charge is 0.309 e. The van der Waals surface area contributed by atoms with Gasteiger partial charge in [-0.1, -0.05) is 38.5 Å². The van der Waals surface area contributed by atoms with Gasteiger partial charge < -0.3 is 14.4 Å². The molecule has 5 rings (SSSR count). The van der Waals surface area contributed by atoms with Gasteiger partial charge in [0.05, 0.1) is 35.4 Å². The Balaban J connectivity index is 1.78. The van der Waals surface area contributed by atoms with Crippen molar-refractivity contribution in [3.63, 3.8) is 0 Å². The Morgan fingerprint density at radius 3 is 2.77 bits per heavy atom. The second-order valence-electron chi connectivity index (χ2n) is 8.57.